The number of nitrogens with zero attached hydrogens (tertiary/aromatic N) is 3. The fourth-order valence-electron chi connectivity index (χ4n) is 5.18. The average molecular weight is 428 g/mol. The molecule has 1 amide bonds. The van der Waals surface area contributed by atoms with Crippen molar-refractivity contribution < 1.29 is 4.79 Å². The van der Waals surface area contributed by atoms with Gasteiger partial charge in [0.15, 0.2) is 5.96 Å². The van der Waals surface area contributed by atoms with Gasteiger partial charge >= 0.3 is 0 Å². The van der Waals surface area contributed by atoms with E-state index in [9.17, 15) is 4.79 Å². The van der Waals surface area contributed by atoms with E-state index in [1.165, 1.54) is 31.2 Å². The van der Waals surface area contributed by atoms with Crippen LogP contribution in [0.3, 0.4) is 0 Å². The van der Waals surface area contributed by atoms with Crippen molar-refractivity contribution in [3.63, 3.8) is 0 Å². The van der Waals surface area contributed by atoms with Crippen molar-refractivity contribution in [3.8, 4) is 0 Å². The van der Waals surface area contributed by atoms with Crippen molar-refractivity contribution in [2.45, 2.75) is 51.0 Å². The number of carbonyl (C=O) groups is 1. The maximum Gasteiger partial charge on any atom is 0.223 e. The number of rotatable bonds is 8. The summed E-state index contributed by atoms with van der Waals surface area (Å²) >= 11 is 0. The summed E-state index contributed by atoms with van der Waals surface area (Å²) in [6, 6.07) is 10.4. The van der Waals surface area contributed by atoms with Crippen LogP contribution in [-0.2, 0) is 11.2 Å². The van der Waals surface area contributed by atoms with Gasteiger partial charge in [0.05, 0.1) is 0 Å². The van der Waals surface area contributed by atoms with Gasteiger partial charge in [0.1, 0.15) is 0 Å². The zero-order valence-electron chi connectivity index (χ0n) is 19.9. The second-order valence-corrected chi connectivity index (χ2v) is 9.77. The lowest BCUT2D eigenvalue weighted by Gasteiger charge is -2.45. The fraction of sp³-hybridized carbons (Fsp3) is 0.680. The summed E-state index contributed by atoms with van der Waals surface area (Å²) < 4.78 is 0. The molecule has 172 valence electrons. The Balaban J connectivity index is 1.44. The van der Waals surface area contributed by atoms with Crippen LogP contribution in [0.5, 0.6) is 0 Å². The van der Waals surface area contributed by atoms with Gasteiger partial charge in [-0.05, 0) is 44.8 Å². The molecule has 3 rings (SSSR count). The second kappa shape index (κ2) is 11.0. The van der Waals surface area contributed by atoms with Crippen LogP contribution in [0.1, 0.15) is 44.6 Å². The minimum Gasteiger partial charge on any atom is -0.356 e. The zero-order chi connectivity index (χ0) is 22.3. The Kier molecular flexibility index (Phi) is 8.35. The fourth-order valence-corrected chi connectivity index (χ4v) is 5.18. The van der Waals surface area contributed by atoms with E-state index < -0.39 is 0 Å². The van der Waals surface area contributed by atoms with Crippen LogP contribution in [0.25, 0.3) is 0 Å². The Morgan fingerprint density at radius 1 is 1.26 bits per heavy atom. The molecule has 6 nitrogen and oxygen atoms in total. The Hall–Kier alpha value is -2.08. The van der Waals surface area contributed by atoms with Crippen LogP contribution in [0.15, 0.2) is 35.3 Å². The lowest BCUT2D eigenvalue weighted by atomic mass is 9.75. The minimum atomic E-state index is 0.187. The Morgan fingerprint density at radius 3 is 2.71 bits per heavy atom. The van der Waals surface area contributed by atoms with E-state index in [0.717, 1.165) is 44.5 Å². The molecule has 6 heteroatoms. The first-order valence-electron chi connectivity index (χ1n) is 11.9. The minimum absolute atomic E-state index is 0.187. The van der Waals surface area contributed by atoms with Crippen molar-refractivity contribution in [2.75, 3.05) is 47.3 Å². The summed E-state index contributed by atoms with van der Waals surface area (Å²) in [7, 11) is 6.22. The summed E-state index contributed by atoms with van der Waals surface area (Å²) in [5.41, 5.74) is 1.47. The van der Waals surface area contributed by atoms with Crippen LogP contribution in [0.4, 0.5) is 0 Å². The largest absolute Gasteiger partial charge is 0.356 e. The van der Waals surface area contributed by atoms with E-state index in [0.29, 0.717) is 12.3 Å². The van der Waals surface area contributed by atoms with E-state index in [2.05, 4.69) is 65.8 Å². The van der Waals surface area contributed by atoms with Gasteiger partial charge in [-0.3, -0.25) is 9.79 Å². The first-order valence-corrected chi connectivity index (χ1v) is 11.9. The molecule has 0 spiro atoms. The lowest BCUT2D eigenvalue weighted by molar-refractivity contribution is -0.127. The summed E-state index contributed by atoms with van der Waals surface area (Å²) in [4.78, 5) is 21.3. The monoisotopic (exact) mass is 427 g/mol. The van der Waals surface area contributed by atoms with E-state index in [4.69, 9.17) is 0 Å². The van der Waals surface area contributed by atoms with Crippen LogP contribution in [0.2, 0.25) is 0 Å². The number of nitrogens with one attached hydrogen (secondary N) is 2. The molecule has 1 saturated carbocycles. The van der Waals surface area contributed by atoms with Crippen LogP contribution < -0.4 is 10.6 Å². The van der Waals surface area contributed by atoms with E-state index in [1.807, 2.05) is 18.0 Å². The maximum absolute atomic E-state index is 12.4. The molecule has 0 aromatic heterocycles. The smallest absolute Gasteiger partial charge is 0.223 e. The number of guanidine groups is 1. The molecule has 1 aromatic carbocycles. The summed E-state index contributed by atoms with van der Waals surface area (Å²) in [5.74, 6) is 2.21. The molecule has 2 aliphatic rings. The molecule has 31 heavy (non-hydrogen) atoms. The van der Waals surface area contributed by atoms with E-state index in [1.54, 1.807) is 0 Å². The highest BCUT2D eigenvalue weighted by Crippen LogP contribution is 2.35. The van der Waals surface area contributed by atoms with Crippen molar-refractivity contribution in [2.24, 2.45) is 16.8 Å². The second-order valence-electron chi connectivity index (χ2n) is 9.77. The number of likely N-dealkylation sites (tertiary alicyclic amines) is 1. The molecule has 1 saturated heterocycles. The molecule has 3 atom stereocenters. The highest BCUT2D eigenvalue weighted by Gasteiger charge is 2.37. The van der Waals surface area contributed by atoms with Gasteiger partial charge in [-0.2, -0.15) is 0 Å². The number of hydrogen-bond acceptors (Lipinski definition) is 3. The molecule has 2 N–H and O–H groups in total. The SMILES string of the molecule is CN=C(NCC1CC(=O)N(CCc2ccccc2)C1)NCC1(N(C)C)CCCC(C)C1. The van der Waals surface area contributed by atoms with Crippen LogP contribution >= 0.6 is 0 Å². The first-order chi connectivity index (χ1) is 14.9. The van der Waals surface area contributed by atoms with Crippen molar-refractivity contribution in [1.82, 2.24) is 20.4 Å². The number of likely N-dealkylation sites (N-methyl/N-ethyl adjacent to an activating group) is 1. The van der Waals surface area contributed by atoms with Crippen molar-refractivity contribution >= 4 is 11.9 Å². The third-order valence-corrected chi connectivity index (χ3v) is 7.19. The molecule has 1 heterocycles. The predicted octanol–water partition coefficient (Wildman–Crippen LogP) is 2.75. The van der Waals surface area contributed by atoms with Gasteiger partial charge in [0.25, 0.3) is 0 Å². The Morgan fingerprint density at radius 2 is 2.03 bits per heavy atom. The third kappa shape index (κ3) is 6.45. The summed E-state index contributed by atoms with van der Waals surface area (Å²) in [6.45, 7) is 5.67. The van der Waals surface area contributed by atoms with Crippen LogP contribution in [-0.4, -0.2) is 74.5 Å². The van der Waals surface area contributed by atoms with Crippen molar-refractivity contribution in [3.05, 3.63) is 35.9 Å². The quantitative estimate of drug-likeness (QED) is 0.495. The molecule has 1 aromatic rings. The molecular formula is C25H41N5O. The third-order valence-electron chi connectivity index (χ3n) is 7.19. The predicted molar refractivity (Wildman–Crippen MR) is 128 cm³/mol. The summed E-state index contributed by atoms with van der Waals surface area (Å²) in [6.07, 6.45) is 6.60. The number of benzene rings is 1. The Bertz CT molecular complexity index is 735. The number of amides is 1. The zero-order valence-corrected chi connectivity index (χ0v) is 19.9. The van der Waals surface area contributed by atoms with Gasteiger partial charge in [-0.1, -0.05) is 50.1 Å². The number of hydrogen-bond donors (Lipinski definition) is 2. The molecule has 0 bridgehead atoms. The first kappa shape index (κ1) is 23.6. The topological polar surface area (TPSA) is 60.0 Å². The van der Waals surface area contributed by atoms with Gasteiger partial charge in [0.2, 0.25) is 5.91 Å². The van der Waals surface area contributed by atoms with E-state index in [-0.39, 0.29) is 11.4 Å². The maximum atomic E-state index is 12.4. The Labute approximate surface area is 188 Å². The molecule has 1 aliphatic heterocycles. The molecule has 2 fully saturated rings. The number of aliphatic imine (C=N–C) groups is 1. The molecule has 1 aliphatic carbocycles. The molecular weight excluding hydrogens is 386 g/mol. The highest BCUT2D eigenvalue weighted by atomic mass is 16.2. The molecule has 0 radical (unpaired) electrons. The standard InChI is InChI=1S/C25H41N5O/c1-20-9-8-13-25(16-20,29(3)4)19-28-24(26-2)27-17-22-15-23(31)30(18-22)14-12-21-10-6-5-7-11-21/h5-7,10-11,20,22H,8-9,12-19H2,1-4H3,(H2,26,27,28). The highest BCUT2D eigenvalue weighted by molar-refractivity contribution is 5.81. The van der Waals surface area contributed by atoms with Crippen molar-refractivity contribution in [1.29, 1.82) is 0 Å². The average Bonchev–Trinajstić information content (AvgIpc) is 3.12. The van der Waals surface area contributed by atoms with Gasteiger partial charge in [-0.25, -0.2) is 0 Å². The lowest BCUT2D eigenvalue weighted by Crippen LogP contribution is -2.56. The van der Waals surface area contributed by atoms with Gasteiger partial charge in [0, 0.05) is 51.1 Å². The van der Waals surface area contributed by atoms with E-state index >= 15 is 0 Å². The number of carbonyl (C=O) groups excluding carboxylic acids is 1. The van der Waals surface area contributed by atoms with Gasteiger partial charge in [-0.15, -0.1) is 0 Å². The normalized spacial score (nSPS) is 27.1. The molecule has 3 unspecified atom stereocenters. The summed E-state index contributed by atoms with van der Waals surface area (Å²) in [5, 5.41) is 7.05. The van der Waals surface area contributed by atoms with Gasteiger partial charge < -0.3 is 20.4 Å². The van der Waals surface area contributed by atoms with Crippen LogP contribution in [0, 0.1) is 11.8 Å².